The van der Waals surface area contributed by atoms with Crippen molar-refractivity contribution in [1.82, 2.24) is 9.88 Å². The van der Waals surface area contributed by atoms with Crippen LogP contribution in [0.25, 0.3) is 0 Å². The van der Waals surface area contributed by atoms with Crippen LogP contribution in [0.5, 0.6) is 0 Å². The zero-order valence-electron chi connectivity index (χ0n) is 10.5. The number of halogens is 1. The van der Waals surface area contributed by atoms with Crippen LogP contribution in [-0.4, -0.2) is 27.6 Å². The molecule has 0 aliphatic carbocycles. The molecule has 2 aromatic rings. The Balaban J connectivity index is 2.06. The summed E-state index contributed by atoms with van der Waals surface area (Å²) in [6, 6.07) is 7.26. The van der Waals surface area contributed by atoms with Gasteiger partial charge in [0.05, 0.1) is 11.1 Å². The number of hydrogen-bond acceptors (Lipinski definition) is 5. The van der Waals surface area contributed by atoms with E-state index < -0.39 is 17.7 Å². The number of pyridine rings is 1. The topological polar surface area (TPSA) is 93.4 Å². The van der Waals surface area contributed by atoms with E-state index >= 15 is 0 Å². The zero-order valence-corrected chi connectivity index (χ0v) is 11.3. The number of nitrogens with two attached hydrogens (primary N) is 1. The maximum atomic E-state index is 12.3. The lowest BCUT2D eigenvalue weighted by Crippen LogP contribution is -2.36. The Bertz CT molecular complexity index is 804. The fraction of sp³-hybridized carbons (Fsp3) is 0. The van der Waals surface area contributed by atoms with Crippen LogP contribution in [0, 0.1) is 0 Å². The third kappa shape index (κ3) is 1.96. The van der Waals surface area contributed by atoms with E-state index in [0.717, 1.165) is 0 Å². The van der Waals surface area contributed by atoms with Gasteiger partial charge in [-0.05, 0) is 24.3 Å². The minimum atomic E-state index is -0.830. The summed E-state index contributed by atoms with van der Waals surface area (Å²) in [7, 11) is 0. The summed E-state index contributed by atoms with van der Waals surface area (Å²) in [4.78, 5) is 41.2. The van der Waals surface area contributed by atoms with Crippen LogP contribution in [0.2, 0.25) is 5.02 Å². The number of fused-ring (bicyclic) bond motifs is 1. The van der Waals surface area contributed by atoms with Gasteiger partial charge in [-0.15, -0.1) is 0 Å². The normalized spacial score (nSPS) is 13.5. The summed E-state index contributed by atoms with van der Waals surface area (Å²) in [5, 5.41) is 0.282. The summed E-state index contributed by atoms with van der Waals surface area (Å²) >= 11 is 5.78. The summed E-state index contributed by atoms with van der Waals surface area (Å²) in [6.45, 7) is 0. The Hall–Kier alpha value is -2.73. The number of aromatic nitrogens is 1. The first-order valence-electron chi connectivity index (χ1n) is 5.94. The average Bonchev–Trinajstić information content (AvgIpc) is 2.71. The van der Waals surface area contributed by atoms with Gasteiger partial charge in [-0.2, -0.15) is 0 Å². The Morgan fingerprint density at radius 1 is 1.19 bits per heavy atom. The van der Waals surface area contributed by atoms with E-state index in [0.29, 0.717) is 4.90 Å². The third-order valence-electron chi connectivity index (χ3n) is 3.09. The SMILES string of the molecule is Nc1cccc2c1C(=O)N(C(=O)c1cc(Cl)ccn1)C2=O. The molecule has 1 aromatic carbocycles. The summed E-state index contributed by atoms with van der Waals surface area (Å²) < 4.78 is 0. The summed E-state index contributed by atoms with van der Waals surface area (Å²) in [6.07, 6.45) is 1.32. The van der Waals surface area contributed by atoms with Gasteiger partial charge < -0.3 is 5.73 Å². The second-order valence-corrected chi connectivity index (χ2v) is 4.82. The molecule has 6 nitrogen and oxygen atoms in total. The minimum absolute atomic E-state index is 0.0397. The fourth-order valence-corrected chi connectivity index (χ4v) is 2.29. The van der Waals surface area contributed by atoms with Gasteiger partial charge in [0.25, 0.3) is 17.7 Å². The Morgan fingerprint density at radius 2 is 1.95 bits per heavy atom. The van der Waals surface area contributed by atoms with Crippen molar-refractivity contribution in [2.24, 2.45) is 0 Å². The van der Waals surface area contributed by atoms with Crippen molar-refractivity contribution in [1.29, 1.82) is 0 Å². The predicted molar refractivity (Wildman–Crippen MR) is 74.9 cm³/mol. The van der Waals surface area contributed by atoms with Crippen LogP contribution in [0.15, 0.2) is 36.5 Å². The second kappa shape index (κ2) is 4.68. The molecule has 3 amide bonds. The molecule has 0 atom stereocenters. The van der Waals surface area contributed by atoms with E-state index in [2.05, 4.69) is 4.98 Å². The van der Waals surface area contributed by atoms with Crippen molar-refractivity contribution in [3.63, 3.8) is 0 Å². The largest absolute Gasteiger partial charge is 0.398 e. The monoisotopic (exact) mass is 301 g/mol. The number of nitrogen functional groups attached to an aromatic ring is 1. The fourth-order valence-electron chi connectivity index (χ4n) is 2.13. The first-order chi connectivity index (χ1) is 10.0. The first-order valence-corrected chi connectivity index (χ1v) is 6.31. The lowest BCUT2D eigenvalue weighted by molar-refractivity contribution is 0.0563. The Labute approximate surface area is 124 Å². The molecule has 0 radical (unpaired) electrons. The van der Waals surface area contributed by atoms with E-state index in [9.17, 15) is 14.4 Å². The molecule has 2 heterocycles. The van der Waals surface area contributed by atoms with Gasteiger partial charge in [0.15, 0.2) is 0 Å². The maximum Gasteiger partial charge on any atom is 0.286 e. The maximum absolute atomic E-state index is 12.3. The minimum Gasteiger partial charge on any atom is -0.398 e. The molecule has 7 heteroatoms. The lowest BCUT2D eigenvalue weighted by atomic mass is 10.1. The number of carbonyl (C=O) groups excluding carboxylic acids is 3. The highest BCUT2D eigenvalue weighted by Gasteiger charge is 2.41. The lowest BCUT2D eigenvalue weighted by Gasteiger charge is -2.11. The smallest absolute Gasteiger partial charge is 0.286 e. The van der Waals surface area contributed by atoms with Crippen molar-refractivity contribution in [2.75, 3.05) is 5.73 Å². The van der Waals surface area contributed by atoms with Gasteiger partial charge in [-0.1, -0.05) is 17.7 Å². The van der Waals surface area contributed by atoms with Crippen molar-refractivity contribution < 1.29 is 14.4 Å². The quantitative estimate of drug-likeness (QED) is 0.640. The highest BCUT2D eigenvalue weighted by Crippen LogP contribution is 2.28. The zero-order chi connectivity index (χ0) is 15.1. The van der Waals surface area contributed by atoms with Gasteiger partial charge >= 0.3 is 0 Å². The third-order valence-corrected chi connectivity index (χ3v) is 3.33. The average molecular weight is 302 g/mol. The van der Waals surface area contributed by atoms with E-state index in [1.165, 1.54) is 30.5 Å². The van der Waals surface area contributed by atoms with E-state index in [1.54, 1.807) is 6.07 Å². The first kappa shape index (κ1) is 13.3. The molecule has 1 aliphatic heterocycles. The van der Waals surface area contributed by atoms with E-state index in [4.69, 9.17) is 17.3 Å². The van der Waals surface area contributed by atoms with Crippen molar-refractivity contribution >= 4 is 35.0 Å². The number of anilines is 1. The molecule has 0 unspecified atom stereocenters. The highest BCUT2D eigenvalue weighted by atomic mass is 35.5. The summed E-state index contributed by atoms with van der Waals surface area (Å²) in [5.74, 6) is -2.29. The van der Waals surface area contributed by atoms with Gasteiger partial charge in [-0.25, -0.2) is 4.90 Å². The molecule has 3 rings (SSSR count). The molecular weight excluding hydrogens is 294 g/mol. The standard InChI is InChI=1S/C14H8ClN3O3/c15-7-4-5-17-10(6-7)13(20)18-12(19)8-2-1-3-9(16)11(8)14(18)21/h1-6H,16H2. The molecule has 1 aromatic heterocycles. The number of rotatable bonds is 1. The number of amides is 3. The second-order valence-electron chi connectivity index (χ2n) is 4.38. The molecule has 104 valence electrons. The molecule has 2 N–H and O–H groups in total. The molecule has 0 fully saturated rings. The van der Waals surface area contributed by atoms with Crippen LogP contribution in [0.3, 0.4) is 0 Å². The van der Waals surface area contributed by atoms with Crippen molar-refractivity contribution in [2.45, 2.75) is 0 Å². The van der Waals surface area contributed by atoms with Crippen LogP contribution in [0.4, 0.5) is 5.69 Å². The molecule has 0 saturated heterocycles. The number of imide groups is 3. The van der Waals surface area contributed by atoms with Crippen molar-refractivity contribution in [3.05, 3.63) is 58.4 Å². The Morgan fingerprint density at radius 3 is 2.62 bits per heavy atom. The molecule has 0 bridgehead atoms. The van der Waals surface area contributed by atoms with Gasteiger partial charge in [0.2, 0.25) is 0 Å². The van der Waals surface area contributed by atoms with Gasteiger partial charge in [0, 0.05) is 16.9 Å². The van der Waals surface area contributed by atoms with Crippen LogP contribution in [0.1, 0.15) is 31.2 Å². The summed E-state index contributed by atoms with van der Waals surface area (Å²) in [5.41, 5.74) is 5.91. The molecular formula is C14H8ClN3O3. The predicted octanol–water partition coefficient (Wildman–Crippen LogP) is 1.75. The van der Waals surface area contributed by atoms with Crippen LogP contribution < -0.4 is 5.73 Å². The van der Waals surface area contributed by atoms with E-state index in [1.807, 2.05) is 0 Å². The van der Waals surface area contributed by atoms with Crippen LogP contribution in [-0.2, 0) is 0 Å². The van der Waals surface area contributed by atoms with Crippen LogP contribution >= 0.6 is 11.6 Å². The van der Waals surface area contributed by atoms with Gasteiger partial charge in [0.1, 0.15) is 5.69 Å². The van der Waals surface area contributed by atoms with E-state index in [-0.39, 0.29) is 27.5 Å². The number of benzene rings is 1. The number of hydrogen-bond donors (Lipinski definition) is 1. The Kier molecular flexibility index (Phi) is 2.95. The number of carbonyl (C=O) groups is 3. The van der Waals surface area contributed by atoms with Crippen molar-refractivity contribution in [3.8, 4) is 0 Å². The molecule has 0 saturated carbocycles. The molecule has 21 heavy (non-hydrogen) atoms. The highest BCUT2D eigenvalue weighted by molar-refractivity contribution is 6.33. The number of nitrogens with zero attached hydrogens (tertiary/aromatic N) is 2. The molecule has 1 aliphatic rings. The molecule has 0 spiro atoms. The van der Waals surface area contributed by atoms with Gasteiger partial charge in [-0.3, -0.25) is 19.4 Å².